The number of aliphatic hydroxyl groups is 3. The highest BCUT2D eigenvalue weighted by Crippen LogP contribution is 2.36. The number of carboxylic acid groups (broad SMARTS) is 1. The van der Waals surface area contributed by atoms with Gasteiger partial charge in [-0.25, -0.2) is 15.0 Å². The molecule has 0 saturated carbocycles. The third-order valence-electron chi connectivity index (χ3n) is 4.66. The van der Waals surface area contributed by atoms with E-state index in [1.54, 1.807) is 0 Å². The third kappa shape index (κ3) is 3.64. The summed E-state index contributed by atoms with van der Waals surface area (Å²) in [6.07, 6.45) is 0.608. The molecule has 3 heterocycles. The number of nitrogens with two attached hydrogens (primary N) is 2. The van der Waals surface area contributed by atoms with Gasteiger partial charge in [0.25, 0.3) is 5.91 Å². The molecule has 28 heavy (non-hydrogen) atoms. The Balaban J connectivity index is 1.76. The van der Waals surface area contributed by atoms with Crippen molar-refractivity contribution in [1.29, 1.82) is 0 Å². The van der Waals surface area contributed by atoms with Crippen molar-refractivity contribution in [2.24, 2.45) is 5.73 Å². The zero-order valence-electron chi connectivity index (χ0n) is 15.0. The van der Waals surface area contributed by atoms with Gasteiger partial charge in [-0.05, 0) is 10.9 Å². The lowest BCUT2D eigenvalue weighted by Crippen LogP contribution is -2.45. The highest BCUT2D eigenvalue weighted by molar-refractivity contribution is 7.96. The Kier molecular flexibility index (Phi) is 5.74. The van der Waals surface area contributed by atoms with Crippen molar-refractivity contribution in [2.75, 3.05) is 23.5 Å². The number of aromatic nitrogens is 4. The summed E-state index contributed by atoms with van der Waals surface area (Å²) < 4.78 is 6.73. The van der Waals surface area contributed by atoms with Crippen LogP contribution in [-0.4, -0.2) is 88.0 Å². The fourth-order valence-electron chi connectivity index (χ4n) is 3.02. The summed E-state index contributed by atoms with van der Waals surface area (Å²) in [4.78, 5) is 22.7. The number of aliphatic hydroxyl groups excluding tert-OH is 2. The summed E-state index contributed by atoms with van der Waals surface area (Å²) in [5.41, 5.74) is 11.6. The van der Waals surface area contributed by atoms with Crippen LogP contribution in [0.2, 0.25) is 0 Å². The highest BCUT2D eigenvalue weighted by Gasteiger charge is 2.57. The molecular formula is C15H23N6O6S+. The number of imidazole rings is 1. The molecule has 6 atom stereocenters. The lowest BCUT2D eigenvalue weighted by molar-refractivity contribution is -0.282. The molecule has 0 radical (unpaired) electrons. The molecule has 2 aromatic rings. The van der Waals surface area contributed by atoms with Gasteiger partial charge in [-0.1, -0.05) is 0 Å². The topological polar surface area (TPSA) is 203 Å². The molecule has 12 nitrogen and oxygen atoms in total. The monoisotopic (exact) mass is 415 g/mol. The fraction of sp³-hybridized carbons (Fsp3) is 0.600. The van der Waals surface area contributed by atoms with Crippen LogP contribution >= 0.6 is 0 Å². The van der Waals surface area contributed by atoms with Gasteiger partial charge in [0, 0.05) is 6.42 Å². The van der Waals surface area contributed by atoms with Crippen LogP contribution in [0, 0.1) is 0 Å². The lowest BCUT2D eigenvalue weighted by atomic mass is 10.1. The van der Waals surface area contributed by atoms with E-state index in [2.05, 4.69) is 15.0 Å². The molecule has 154 valence electrons. The Morgan fingerprint density at radius 1 is 1.43 bits per heavy atom. The molecule has 0 aromatic carbocycles. The average molecular weight is 415 g/mol. The van der Waals surface area contributed by atoms with Crippen molar-refractivity contribution in [2.45, 2.75) is 36.7 Å². The predicted molar refractivity (Wildman–Crippen MR) is 100 cm³/mol. The van der Waals surface area contributed by atoms with Crippen LogP contribution in [0.3, 0.4) is 0 Å². The number of aliphatic carboxylic acids is 1. The standard InChI is InChI=1S/C15H22N6O6S/c1-28(3-2-7(16)14(24)25)4-8-10(22)11(23)15(26,27-8)21-6-20-9-12(17)18-5-19-13(9)21/h5-8,10-11,22-23,26H,2-4,16H2,1H3,(H2-,17,18,19,24,25)/p+1/t7-,8+,10+,11+,15-,28?/m0/s1. The fourth-order valence-corrected chi connectivity index (χ4v) is 4.67. The Morgan fingerprint density at radius 3 is 2.82 bits per heavy atom. The normalized spacial score (nSPS) is 29.8. The van der Waals surface area contributed by atoms with Gasteiger partial charge in [-0.3, -0.25) is 9.36 Å². The summed E-state index contributed by atoms with van der Waals surface area (Å²) in [5, 5.41) is 40.6. The van der Waals surface area contributed by atoms with Crippen LogP contribution < -0.4 is 11.5 Å². The molecule has 3 rings (SSSR count). The van der Waals surface area contributed by atoms with E-state index in [-0.39, 0.29) is 34.3 Å². The quantitative estimate of drug-likeness (QED) is 0.255. The molecule has 8 N–H and O–H groups in total. The number of ether oxygens (including phenoxy) is 1. The summed E-state index contributed by atoms with van der Waals surface area (Å²) >= 11 is 0. The summed E-state index contributed by atoms with van der Waals surface area (Å²) in [7, 11) is -0.364. The molecule has 1 fully saturated rings. The first-order valence-electron chi connectivity index (χ1n) is 8.43. The van der Waals surface area contributed by atoms with Crippen LogP contribution in [0.5, 0.6) is 0 Å². The first kappa shape index (κ1) is 20.7. The molecule has 0 aliphatic carbocycles. The largest absolute Gasteiger partial charge is 0.480 e. The zero-order chi connectivity index (χ0) is 20.6. The molecule has 1 unspecified atom stereocenters. The van der Waals surface area contributed by atoms with Gasteiger partial charge in [0.2, 0.25) is 0 Å². The van der Waals surface area contributed by atoms with Crippen LogP contribution in [0.15, 0.2) is 12.7 Å². The molecule has 2 aromatic heterocycles. The van der Waals surface area contributed by atoms with Crippen LogP contribution in [0.1, 0.15) is 6.42 Å². The van der Waals surface area contributed by atoms with Crippen molar-refractivity contribution in [3.8, 4) is 0 Å². The smallest absolute Gasteiger partial charge is 0.320 e. The van der Waals surface area contributed by atoms with Crippen molar-refractivity contribution < 1.29 is 30.0 Å². The molecule has 13 heteroatoms. The number of hydrogen-bond donors (Lipinski definition) is 6. The van der Waals surface area contributed by atoms with E-state index in [0.717, 1.165) is 4.57 Å². The van der Waals surface area contributed by atoms with Crippen molar-refractivity contribution >= 4 is 33.8 Å². The van der Waals surface area contributed by atoms with Crippen LogP contribution in [0.25, 0.3) is 11.2 Å². The highest BCUT2D eigenvalue weighted by atomic mass is 32.2. The minimum absolute atomic E-state index is 0.0989. The Bertz CT molecular complexity index is 867. The molecule has 1 aliphatic rings. The summed E-state index contributed by atoms with van der Waals surface area (Å²) in [6.45, 7) is 0. The second kappa shape index (κ2) is 7.77. The Labute approximate surface area is 162 Å². The maximum Gasteiger partial charge on any atom is 0.320 e. The Hall–Kier alpha value is -2.03. The number of hydrogen-bond acceptors (Lipinski definition) is 10. The van der Waals surface area contributed by atoms with Crippen LogP contribution in [0.4, 0.5) is 5.82 Å². The number of nitrogens with zero attached hydrogens (tertiary/aromatic N) is 4. The average Bonchev–Trinajstić information content (AvgIpc) is 3.17. The number of nitrogen functional groups attached to an aromatic ring is 1. The van der Waals surface area contributed by atoms with E-state index in [4.69, 9.17) is 21.3 Å². The molecular weight excluding hydrogens is 392 g/mol. The van der Waals surface area contributed by atoms with Gasteiger partial charge < -0.3 is 36.6 Å². The number of rotatable bonds is 7. The third-order valence-corrected chi connectivity index (χ3v) is 6.49. The van der Waals surface area contributed by atoms with Gasteiger partial charge in [-0.2, -0.15) is 0 Å². The molecule has 1 saturated heterocycles. The molecule has 0 bridgehead atoms. The van der Waals surface area contributed by atoms with Gasteiger partial charge >= 0.3 is 5.97 Å². The maximum atomic E-state index is 10.9. The molecule has 1 aliphatic heterocycles. The number of carboxylic acids is 1. The number of carbonyl (C=O) groups is 1. The first-order chi connectivity index (χ1) is 13.1. The van der Waals surface area contributed by atoms with Gasteiger partial charge in [-0.15, -0.1) is 0 Å². The van der Waals surface area contributed by atoms with Crippen molar-refractivity contribution in [3.05, 3.63) is 12.7 Å². The molecule has 0 spiro atoms. The van der Waals surface area contributed by atoms with E-state index in [1.807, 2.05) is 6.26 Å². The summed E-state index contributed by atoms with van der Waals surface area (Å²) in [5.74, 6) is -2.46. The summed E-state index contributed by atoms with van der Waals surface area (Å²) in [6, 6.07) is -0.964. The minimum Gasteiger partial charge on any atom is -0.480 e. The predicted octanol–water partition coefficient (Wildman–Crippen LogP) is -2.82. The van der Waals surface area contributed by atoms with E-state index in [1.165, 1.54) is 12.7 Å². The van der Waals surface area contributed by atoms with Gasteiger partial charge in [0.1, 0.15) is 47.9 Å². The van der Waals surface area contributed by atoms with Crippen LogP contribution in [-0.2, 0) is 26.3 Å². The van der Waals surface area contributed by atoms with Gasteiger partial charge in [0.15, 0.2) is 17.6 Å². The molecule has 0 amide bonds. The Morgan fingerprint density at radius 2 is 2.14 bits per heavy atom. The van der Waals surface area contributed by atoms with Crippen molar-refractivity contribution in [1.82, 2.24) is 19.5 Å². The van der Waals surface area contributed by atoms with E-state index < -0.39 is 36.2 Å². The second-order valence-electron chi connectivity index (χ2n) is 6.68. The van der Waals surface area contributed by atoms with E-state index in [9.17, 15) is 20.1 Å². The minimum atomic E-state index is -2.29. The van der Waals surface area contributed by atoms with E-state index in [0.29, 0.717) is 11.5 Å². The van der Waals surface area contributed by atoms with Crippen molar-refractivity contribution in [3.63, 3.8) is 0 Å². The zero-order valence-corrected chi connectivity index (χ0v) is 15.9. The lowest BCUT2D eigenvalue weighted by Gasteiger charge is -2.27. The maximum absolute atomic E-state index is 10.9. The first-order valence-corrected chi connectivity index (χ1v) is 10.4. The number of fused-ring (bicyclic) bond motifs is 1. The SMILES string of the molecule is C[S+](CC[C@H](N)C(=O)O)C[C@H]1O[C@](O)(n2cnc3c(N)ncnc32)[C@H](O)[C@@H]1O. The second-order valence-corrected chi connectivity index (χ2v) is 8.99. The van der Waals surface area contributed by atoms with Gasteiger partial charge in [0.05, 0.1) is 6.26 Å². The number of anilines is 1. The van der Waals surface area contributed by atoms with E-state index >= 15 is 0 Å².